The smallest absolute Gasteiger partial charge is 0.309 e. The van der Waals surface area contributed by atoms with Gasteiger partial charge in [-0.3, -0.25) is 14.2 Å². The molecule has 0 aliphatic carbocycles. The van der Waals surface area contributed by atoms with E-state index in [1.54, 1.807) is 0 Å². The molecule has 0 radical (unpaired) electrons. The van der Waals surface area contributed by atoms with Gasteiger partial charge < -0.3 is 9.64 Å². The molecule has 0 spiro atoms. The number of hydrogen-bond donors (Lipinski definition) is 0. The molecular weight excluding hydrogens is 388 g/mol. The third kappa shape index (κ3) is 4.98. The van der Waals surface area contributed by atoms with Crippen molar-refractivity contribution in [2.75, 3.05) is 19.7 Å². The predicted octanol–water partition coefficient (Wildman–Crippen LogP) is 3.17. The maximum Gasteiger partial charge on any atom is 0.309 e. The first kappa shape index (κ1) is 21.4. The Morgan fingerprint density at radius 3 is 2.62 bits per heavy atom. The summed E-state index contributed by atoms with van der Waals surface area (Å²) >= 11 is 1.42. The Bertz CT molecular complexity index is 875. The molecule has 8 heteroatoms. The Balaban J connectivity index is 1.65. The number of rotatable bonds is 6. The van der Waals surface area contributed by atoms with Crippen LogP contribution in [0.15, 0.2) is 29.4 Å². The van der Waals surface area contributed by atoms with Crippen LogP contribution in [-0.2, 0) is 14.3 Å². The molecule has 3 rings (SSSR count). The second-order valence-corrected chi connectivity index (χ2v) is 8.62. The molecule has 1 unspecified atom stereocenters. The van der Waals surface area contributed by atoms with Crippen LogP contribution in [-0.4, -0.2) is 56.5 Å². The van der Waals surface area contributed by atoms with Gasteiger partial charge in [0.15, 0.2) is 5.16 Å². The SMILES string of the molecule is CCOC(=O)C1CCN(C(=O)C(C)Sc2nnc(C)n2-c2cccc(C)c2)CC1. The van der Waals surface area contributed by atoms with Crippen LogP contribution in [0.25, 0.3) is 5.69 Å². The predicted molar refractivity (Wildman–Crippen MR) is 112 cm³/mol. The highest BCUT2D eigenvalue weighted by Crippen LogP contribution is 2.28. The number of carbonyl (C=O) groups is 2. The van der Waals surface area contributed by atoms with Crippen molar-refractivity contribution in [3.05, 3.63) is 35.7 Å². The van der Waals surface area contributed by atoms with Gasteiger partial charge in [-0.2, -0.15) is 0 Å². The normalized spacial score (nSPS) is 15.9. The van der Waals surface area contributed by atoms with Crippen molar-refractivity contribution in [3.63, 3.8) is 0 Å². The number of thioether (sulfide) groups is 1. The standard InChI is InChI=1S/C21H28N4O3S/c1-5-28-20(27)17-9-11-24(12-10-17)19(26)15(3)29-21-23-22-16(4)25(21)18-8-6-7-14(2)13-18/h6-8,13,15,17H,5,9-12H2,1-4H3. The summed E-state index contributed by atoms with van der Waals surface area (Å²) in [5.41, 5.74) is 2.14. The van der Waals surface area contributed by atoms with Gasteiger partial charge >= 0.3 is 5.97 Å². The van der Waals surface area contributed by atoms with E-state index in [4.69, 9.17) is 4.74 Å². The Morgan fingerprint density at radius 2 is 1.97 bits per heavy atom. The monoisotopic (exact) mass is 416 g/mol. The van der Waals surface area contributed by atoms with Crippen LogP contribution in [0.3, 0.4) is 0 Å². The Hall–Kier alpha value is -2.35. The van der Waals surface area contributed by atoms with Crippen LogP contribution in [0.1, 0.15) is 38.1 Å². The molecule has 29 heavy (non-hydrogen) atoms. The first-order valence-corrected chi connectivity index (χ1v) is 10.9. The van der Waals surface area contributed by atoms with Crippen LogP contribution in [0.2, 0.25) is 0 Å². The number of amides is 1. The molecule has 2 heterocycles. The van der Waals surface area contributed by atoms with E-state index in [2.05, 4.69) is 16.3 Å². The highest BCUT2D eigenvalue weighted by atomic mass is 32.2. The fourth-order valence-electron chi connectivity index (χ4n) is 3.54. The zero-order chi connectivity index (χ0) is 21.0. The number of likely N-dealkylation sites (tertiary alicyclic amines) is 1. The van der Waals surface area contributed by atoms with Crippen molar-refractivity contribution in [1.82, 2.24) is 19.7 Å². The minimum absolute atomic E-state index is 0.0637. The molecule has 1 aromatic carbocycles. The first-order valence-electron chi connectivity index (χ1n) is 10.0. The lowest BCUT2D eigenvalue weighted by Gasteiger charge is -2.32. The van der Waals surface area contributed by atoms with Gasteiger partial charge in [0, 0.05) is 18.8 Å². The number of hydrogen-bond acceptors (Lipinski definition) is 6. The van der Waals surface area contributed by atoms with E-state index in [1.165, 1.54) is 11.8 Å². The van der Waals surface area contributed by atoms with E-state index in [0.29, 0.717) is 37.7 Å². The summed E-state index contributed by atoms with van der Waals surface area (Å²) in [6, 6.07) is 8.13. The molecule has 7 nitrogen and oxygen atoms in total. The summed E-state index contributed by atoms with van der Waals surface area (Å²) < 4.78 is 7.09. The minimum Gasteiger partial charge on any atom is -0.466 e. The highest BCUT2D eigenvalue weighted by Gasteiger charge is 2.31. The van der Waals surface area contributed by atoms with E-state index >= 15 is 0 Å². The fourth-order valence-corrected chi connectivity index (χ4v) is 4.54. The second-order valence-electron chi connectivity index (χ2n) is 7.32. The number of nitrogens with zero attached hydrogens (tertiary/aromatic N) is 4. The van der Waals surface area contributed by atoms with Crippen molar-refractivity contribution in [2.24, 2.45) is 5.92 Å². The lowest BCUT2D eigenvalue weighted by atomic mass is 9.97. The third-order valence-corrected chi connectivity index (χ3v) is 6.14. The molecule has 0 saturated carbocycles. The maximum atomic E-state index is 12.9. The van der Waals surface area contributed by atoms with E-state index < -0.39 is 0 Å². The van der Waals surface area contributed by atoms with E-state index in [0.717, 1.165) is 17.1 Å². The van der Waals surface area contributed by atoms with Crippen molar-refractivity contribution < 1.29 is 14.3 Å². The number of piperidine rings is 1. The summed E-state index contributed by atoms with van der Waals surface area (Å²) in [7, 11) is 0. The number of aryl methyl sites for hydroxylation is 2. The number of ether oxygens (including phenoxy) is 1. The van der Waals surface area contributed by atoms with Crippen LogP contribution < -0.4 is 0 Å². The zero-order valence-electron chi connectivity index (χ0n) is 17.4. The quantitative estimate of drug-likeness (QED) is 0.532. The average Bonchev–Trinajstić information content (AvgIpc) is 3.07. The summed E-state index contributed by atoms with van der Waals surface area (Å²) in [5.74, 6) is 0.597. The zero-order valence-corrected chi connectivity index (χ0v) is 18.2. The molecule has 0 bridgehead atoms. The Morgan fingerprint density at radius 1 is 1.24 bits per heavy atom. The van der Waals surface area contributed by atoms with Crippen molar-refractivity contribution in [1.29, 1.82) is 0 Å². The van der Waals surface area contributed by atoms with Crippen molar-refractivity contribution in [3.8, 4) is 5.69 Å². The van der Waals surface area contributed by atoms with Gasteiger partial charge in [-0.1, -0.05) is 23.9 Å². The number of aromatic nitrogens is 3. The van der Waals surface area contributed by atoms with Crippen LogP contribution in [0, 0.1) is 19.8 Å². The minimum atomic E-state index is -0.290. The molecule has 1 amide bonds. The first-order chi connectivity index (χ1) is 13.9. The molecule has 1 aromatic heterocycles. The summed E-state index contributed by atoms with van der Waals surface area (Å²) in [4.78, 5) is 26.7. The van der Waals surface area contributed by atoms with Crippen molar-refractivity contribution >= 4 is 23.6 Å². The molecule has 2 aromatic rings. The molecule has 0 N–H and O–H groups in total. The topological polar surface area (TPSA) is 77.3 Å². The highest BCUT2D eigenvalue weighted by molar-refractivity contribution is 8.00. The second kappa shape index (κ2) is 9.43. The Labute approximate surface area is 175 Å². The fraction of sp³-hybridized carbons (Fsp3) is 0.524. The number of benzene rings is 1. The van der Waals surface area contributed by atoms with E-state index in [1.807, 2.05) is 55.4 Å². The molecule has 1 aliphatic rings. The van der Waals surface area contributed by atoms with Crippen LogP contribution in [0.4, 0.5) is 0 Å². The largest absolute Gasteiger partial charge is 0.466 e. The maximum absolute atomic E-state index is 12.9. The van der Waals surface area contributed by atoms with Gasteiger partial charge in [-0.25, -0.2) is 0 Å². The number of carbonyl (C=O) groups excluding carboxylic acids is 2. The van der Waals surface area contributed by atoms with E-state index in [9.17, 15) is 9.59 Å². The van der Waals surface area contributed by atoms with Crippen molar-refractivity contribution in [2.45, 2.75) is 50.9 Å². The summed E-state index contributed by atoms with van der Waals surface area (Å²) in [6.07, 6.45) is 1.31. The molecule has 156 valence electrons. The van der Waals surface area contributed by atoms with Crippen LogP contribution >= 0.6 is 11.8 Å². The van der Waals surface area contributed by atoms with Crippen LogP contribution in [0.5, 0.6) is 0 Å². The molecule has 1 atom stereocenters. The average molecular weight is 417 g/mol. The third-order valence-electron chi connectivity index (χ3n) is 5.11. The lowest BCUT2D eigenvalue weighted by Crippen LogP contribution is -2.43. The van der Waals surface area contributed by atoms with Gasteiger partial charge in [0.2, 0.25) is 5.91 Å². The lowest BCUT2D eigenvalue weighted by molar-refractivity contribution is -0.151. The van der Waals surface area contributed by atoms with E-state index in [-0.39, 0.29) is 23.0 Å². The van der Waals surface area contributed by atoms with Gasteiger partial charge in [-0.15, -0.1) is 10.2 Å². The van der Waals surface area contributed by atoms with Gasteiger partial charge in [0.25, 0.3) is 0 Å². The van der Waals surface area contributed by atoms with Gasteiger partial charge in [0.05, 0.1) is 17.8 Å². The molecular formula is C21H28N4O3S. The Kier molecular flexibility index (Phi) is 6.95. The molecule has 1 aliphatic heterocycles. The van der Waals surface area contributed by atoms with Gasteiger partial charge in [0.1, 0.15) is 5.82 Å². The summed E-state index contributed by atoms with van der Waals surface area (Å²) in [6.45, 7) is 9.22. The molecule has 1 fully saturated rings. The summed E-state index contributed by atoms with van der Waals surface area (Å²) in [5, 5.41) is 8.91. The number of esters is 1. The van der Waals surface area contributed by atoms with Gasteiger partial charge in [-0.05, 0) is 58.2 Å². The molecule has 1 saturated heterocycles.